The minimum Gasteiger partial charge on any atom is -0.497 e. The first-order valence-corrected chi connectivity index (χ1v) is 9.61. The molecule has 2 aromatic rings. The second-order valence-electron chi connectivity index (χ2n) is 7.08. The highest BCUT2D eigenvalue weighted by Crippen LogP contribution is 2.20. The van der Waals surface area contributed by atoms with Crippen LogP contribution in [0.1, 0.15) is 30.4 Å². The highest BCUT2D eigenvalue weighted by atomic mass is 16.5. The maximum Gasteiger partial charge on any atom is 0.317 e. The quantitative estimate of drug-likeness (QED) is 0.838. The van der Waals surface area contributed by atoms with Gasteiger partial charge in [0.25, 0.3) is 0 Å². The van der Waals surface area contributed by atoms with Gasteiger partial charge in [0.2, 0.25) is 0 Å². The summed E-state index contributed by atoms with van der Waals surface area (Å²) in [5, 5.41) is 2.99. The van der Waals surface area contributed by atoms with Crippen molar-refractivity contribution < 1.29 is 9.53 Å². The number of nitrogens with zero attached hydrogens (tertiary/aromatic N) is 2. The van der Waals surface area contributed by atoms with E-state index in [1.807, 2.05) is 24.3 Å². The van der Waals surface area contributed by atoms with Crippen molar-refractivity contribution in [1.29, 1.82) is 0 Å². The Morgan fingerprint density at radius 2 is 1.63 bits per heavy atom. The van der Waals surface area contributed by atoms with E-state index in [-0.39, 0.29) is 6.03 Å². The summed E-state index contributed by atoms with van der Waals surface area (Å²) in [6.45, 7) is 3.38. The lowest BCUT2D eigenvalue weighted by atomic mass is 10.1. The molecule has 0 unspecified atom stereocenters. The molecule has 0 spiro atoms. The summed E-state index contributed by atoms with van der Waals surface area (Å²) in [6, 6.07) is 16.2. The fourth-order valence-corrected chi connectivity index (χ4v) is 3.37. The number of hydrogen-bond acceptors (Lipinski definition) is 3. The molecule has 1 saturated heterocycles. The van der Waals surface area contributed by atoms with Crippen LogP contribution in [-0.2, 0) is 13.1 Å². The molecule has 5 nitrogen and oxygen atoms in total. The number of carbonyl (C=O) groups is 1. The van der Waals surface area contributed by atoms with Gasteiger partial charge in [-0.3, -0.25) is 0 Å². The lowest BCUT2D eigenvalue weighted by Gasteiger charge is -2.28. The molecule has 0 aromatic heterocycles. The molecule has 1 heterocycles. The van der Waals surface area contributed by atoms with Gasteiger partial charge in [-0.1, -0.05) is 24.3 Å². The monoisotopic (exact) mass is 367 g/mol. The van der Waals surface area contributed by atoms with E-state index < -0.39 is 0 Å². The molecule has 0 aliphatic carbocycles. The van der Waals surface area contributed by atoms with E-state index >= 15 is 0 Å². The van der Waals surface area contributed by atoms with Gasteiger partial charge < -0.3 is 19.9 Å². The number of nitrogens with one attached hydrogen (secondary N) is 1. The summed E-state index contributed by atoms with van der Waals surface area (Å²) < 4.78 is 5.16. The van der Waals surface area contributed by atoms with Crippen LogP contribution in [0.15, 0.2) is 48.5 Å². The van der Waals surface area contributed by atoms with E-state index in [9.17, 15) is 4.79 Å². The number of ether oxygens (including phenoxy) is 1. The summed E-state index contributed by atoms with van der Waals surface area (Å²) in [6.07, 6.45) is 3.89. The molecule has 2 aromatic carbocycles. The Morgan fingerprint density at radius 3 is 2.26 bits per heavy atom. The fraction of sp³-hybridized carbons (Fsp3) is 0.409. The first kappa shape index (κ1) is 19.1. The zero-order chi connectivity index (χ0) is 19.1. The van der Waals surface area contributed by atoms with Gasteiger partial charge in [0.1, 0.15) is 5.75 Å². The Kier molecular flexibility index (Phi) is 6.58. The molecule has 27 heavy (non-hydrogen) atoms. The topological polar surface area (TPSA) is 44.8 Å². The van der Waals surface area contributed by atoms with E-state index in [2.05, 4.69) is 34.5 Å². The Bertz CT molecular complexity index is 722. The first-order valence-electron chi connectivity index (χ1n) is 9.61. The highest BCUT2D eigenvalue weighted by molar-refractivity contribution is 5.73. The SMILES string of the molecule is COc1ccc(CN(C)C(=O)NCc2ccc(N3CCCCC3)cc2)cc1. The van der Waals surface area contributed by atoms with Crippen LogP contribution in [-0.4, -0.2) is 38.2 Å². The maximum atomic E-state index is 12.3. The number of hydrogen-bond donors (Lipinski definition) is 1. The van der Waals surface area contributed by atoms with Gasteiger partial charge in [-0.15, -0.1) is 0 Å². The van der Waals surface area contributed by atoms with Crippen molar-refractivity contribution in [3.63, 3.8) is 0 Å². The average molecular weight is 367 g/mol. The van der Waals surface area contributed by atoms with Gasteiger partial charge in [0, 0.05) is 38.9 Å². The van der Waals surface area contributed by atoms with Crippen LogP contribution in [0.4, 0.5) is 10.5 Å². The molecule has 0 atom stereocenters. The van der Waals surface area contributed by atoms with E-state index in [0.29, 0.717) is 13.1 Å². The number of methoxy groups -OCH3 is 1. The van der Waals surface area contributed by atoms with Crippen LogP contribution in [0.5, 0.6) is 5.75 Å². The van der Waals surface area contributed by atoms with E-state index in [1.54, 1.807) is 19.1 Å². The fourth-order valence-electron chi connectivity index (χ4n) is 3.37. The molecule has 1 N–H and O–H groups in total. The van der Waals surface area contributed by atoms with Gasteiger partial charge in [-0.05, 0) is 54.7 Å². The third-order valence-corrected chi connectivity index (χ3v) is 5.03. The number of anilines is 1. The standard InChI is InChI=1S/C22H29N3O2/c1-24(17-19-8-12-21(27-2)13-9-19)22(26)23-16-18-6-10-20(11-7-18)25-14-4-3-5-15-25/h6-13H,3-5,14-17H2,1-2H3,(H,23,26). The molecule has 3 rings (SSSR count). The van der Waals surface area contributed by atoms with Crippen molar-refractivity contribution in [2.75, 3.05) is 32.1 Å². The summed E-state index contributed by atoms with van der Waals surface area (Å²) in [4.78, 5) is 16.5. The van der Waals surface area contributed by atoms with Crippen LogP contribution in [0, 0.1) is 0 Å². The lowest BCUT2D eigenvalue weighted by molar-refractivity contribution is 0.206. The molecule has 144 valence electrons. The largest absolute Gasteiger partial charge is 0.497 e. The van der Waals surface area contributed by atoms with Crippen LogP contribution < -0.4 is 15.0 Å². The Hall–Kier alpha value is -2.69. The van der Waals surface area contributed by atoms with Crippen molar-refractivity contribution in [1.82, 2.24) is 10.2 Å². The van der Waals surface area contributed by atoms with Crippen molar-refractivity contribution in [3.05, 3.63) is 59.7 Å². The number of carbonyl (C=O) groups excluding carboxylic acids is 1. The molecule has 1 fully saturated rings. The Morgan fingerprint density at radius 1 is 1.00 bits per heavy atom. The number of benzene rings is 2. The van der Waals surface area contributed by atoms with Gasteiger partial charge in [0.05, 0.1) is 7.11 Å². The number of urea groups is 1. The molecule has 0 saturated carbocycles. The smallest absolute Gasteiger partial charge is 0.317 e. The number of piperidine rings is 1. The predicted molar refractivity (Wildman–Crippen MR) is 109 cm³/mol. The van der Waals surface area contributed by atoms with Crippen LogP contribution in [0.2, 0.25) is 0 Å². The van der Waals surface area contributed by atoms with E-state index in [4.69, 9.17) is 4.74 Å². The maximum absolute atomic E-state index is 12.3. The van der Waals surface area contributed by atoms with Crippen molar-refractivity contribution >= 4 is 11.7 Å². The minimum atomic E-state index is -0.0778. The van der Waals surface area contributed by atoms with Gasteiger partial charge >= 0.3 is 6.03 Å². The van der Waals surface area contributed by atoms with E-state index in [1.165, 1.54) is 24.9 Å². The Balaban J connectivity index is 1.47. The summed E-state index contributed by atoms with van der Waals surface area (Å²) >= 11 is 0. The van der Waals surface area contributed by atoms with Gasteiger partial charge in [-0.25, -0.2) is 4.79 Å². The zero-order valence-corrected chi connectivity index (χ0v) is 16.3. The van der Waals surface area contributed by atoms with Crippen molar-refractivity contribution in [2.24, 2.45) is 0 Å². The number of amides is 2. The lowest BCUT2D eigenvalue weighted by Crippen LogP contribution is -2.36. The molecular formula is C22H29N3O2. The van der Waals surface area contributed by atoms with E-state index in [0.717, 1.165) is 30.0 Å². The molecular weight excluding hydrogens is 338 g/mol. The molecule has 0 radical (unpaired) electrons. The number of rotatable bonds is 6. The third-order valence-electron chi connectivity index (χ3n) is 5.03. The van der Waals surface area contributed by atoms with Crippen molar-refractivity contribution in [3.8, 4) is 5.75 Å². The second-order valence-corrected chi connectivity index (χ2v) is 7.08. The predicted octanol–water partition coefficient (Wildman–Crippen LogP) is 4.03. The van der Waals surface area contributed by atoms with Crippen LogP contribution >= 0.6 is 0 Å². The molecule has 5 heteroatoms. The Labute approximate surface area is 161 Å². The first-order chi connectivity index (χ1) is 13.2. The van der Waals surface area contributed by atoms with Crippen molar-refractivity contribution in [2.45, 2.75) is 32.4 Å². The molecule has 2 amide bonds. The second kappa shape index (κ2) is 9.31. The van der Waals surface area contributed by atoms with Crippen LogP contribution in [0.25, 0.3) is 0 Å². The van der Waals surface area contributed by atoms with Crippen LogP contribution in [0.3, 0.4) is 0 Å². The summed E-state index contributed by atoms with van der Waals surface area (Å²) in [7, 11) is 3.45. The van der Waals surface area contributed by atoms with Gasteiger partial charge in [0.15, 0.2) is 0 Å². The third kappa shape index (κ3) is 5.39. The van der Waals surface area contributed by atoms with Gasteiger partial charge in [-0.2, -0.15) is 0 Å². The summed E-state index contributed by atoms with van der Waals surface area (Å²) in [5.41, 5.74) is 3.46. The normalized spacial score (nSPS) is 13.9. The highest BCUT2D eigenvalue weighted by Gasteiger charge is 2.11. The minimum absolute atomic E-state index is 0.0778. The summed E-state index contributed by atoms with van der Waals surface area (Å²) in [5.74, 6) is 0.818. The molecule has 1 aliphatic heterocycles. The molecule has 1 aliphatic rings. The molecule has 0 bridgehead atoms. The average Bonchev–Trinajstić information content (AvgIpc) is 2.73. The zero-order valence-electron chi connectivity index (χ0n) is 16.3.